The summed E-state index contributed by atoms with van der Waals surface area (Å²) in [7, 11) is 0. The van der Waals surface area contributed by atoms with Gasteiger partial charge in [-0.15, -0.1) is 0 Å². The van der Waals surface area contributed by atoms with Crippen LogP contribution in [-0.4, -0.2) is 70.1 Å². The van der Waals surface area contributed by atoms with Gasteiger partial charge in [-0.25, -0.2) is 4.99 Å². The predicted molar refractivity (Wildman–Crippen MR) is 114 cm³/mol. The molecule has 1 amide bonds. The molecule has 0 aromatic heterocycles. The van der Waals surface area contributed by atoms with Crippen LogP contribution < -0.4 is 40.2 Å². The number of nitrogens with zero attached hydrogens (tertiary/aromatic N) is 4. The molecular formula is C16H14ClN5NaO6PS2. The van der Waals surface area contributed by atoms with Crippen LogP contribution in [0, 0.1) is 0 Å². The quantitative estimate of drug-likeness (QED) is 0.298. The second-order valence-electron chi connectivity index (χ2n) is 6.89. The molecule has 32 heavy (non-hydrogen) atoms. The Bertz CT molecular complexity index is 1090. The second-order valence-corrected chi connectivity index (χ2v) is 11.1. The van der Waals surface area contributed by atoms with E-state index in [1.165, 1.54) is 16.7 Å². The third-order valence-electron chi connectivity index (χ3n) is 4.86. The van der Waals surface area contributed by atoms with E-state index in [9.17, 15) is 14.8 Å². The number of benzene rings is 1. The standard InChI is InChI=1S/C16H15ClN5O6PS2.Na/c17-6-1-3-7(4-2-6)31-16-19-9-12(20-15(18)21-13(9)24)22(16)14-10(23)11-8(27-14)5-26-29(25,30)28-11;/h1-4,8-11,14,23H,5H2,(H,25,30)(H2,18,21,24);/q;+1/p-1. The number of aliphatic hydroxyl groups excluding tert-OH is 1. The number of aliphatic hydroxyl groups is 1. The minimum Gasteiger partial charge on any atom is -0.780 e. The Balaban J connectivity index is 0.00000245. The number of hydrogen-bond acceptors (Lipinski definition) is 12. The zero-order chi connectivity index (χ0) is 21.9. The average molecular weight is 526 g/mol. The van der Waals surface area contributed by atoms with Gasteiger partial charge in [0, 0.05) is 9.92 Å². The van der Waals surface area contributed by atoms with Crippen molar-refractivity contribution in [3.8, 4) is 0 Å². The molecule has 5 rings (SSSR count). The number of ether oxygens (including phenoxy) is 1. The Labute approximate surface area is 218 Å². The maximum atomic E-state index is 12.4. The Kier molecular flexibility index (Phi) is 7.20. The average Bonchev–Trinajstić information content (AvgIpc) is 3.20. The van der Waals surface area contributed by atoms with Crippen molar-refractivity contribution in [1.82, 2.24) is 4.90 Å². The van der Waals surface area contributed by atoms with Crippen molar-refractivity contribution >= 4 is 64.8 Å². The van der Waals surface area contributed by atoms with Crippen molar-refractivity contribution in [1.29, 1.82) is 0 Å². The van der Waals surface area contributed by atoms with Crippen LogP contribution in [0.15, 0.2) is 44.1 Å². The van der Waals surface area contributed by atoms with Crippen molar-refractivity contribution in [3.63, 3.8) is 0 Å². The number of thioether (sulfide) groups is 1. The summed E-state index contributed by atoms with van der Waals surface area (Å²) in [4.78, 5) is 39.0. The van der Waals surface area contributed by atoms with Gasteiger partial charge in [-0.2, -0.15) is 9.98 Å². The first kappa shape index (κ1) is 24.7. The molecule has 6 unspecified atom stereocenters. The molecule has 1 aromatic rings. The van der Waals surface area contributed by atoms with Crippen molar-refractivity contribution in [2.75, 3.05) is 6.61 Å². The summed E-state index contributed by atoms with van der Waals surface area (Å²) in [5.74, 6) is -0.647. The number of carbonyl (C=O) groups excluding carboxylic acids is 1. The van der Waals surface area contributed by atoms with E-state index in [1.807, 2.05) is 0 Å². The molecular weight excluding hydrogens is 512 g/mol. The molecule has 0 saturated carbocycles. The van der Waals surface area contributed by atoms with Gasteiger partial charge in [-0.05, 0) is 24.3 Å². The number of aliphatic imine (C=N–C) groups is 3. The summed E-state index contributed by atoms with van der Waals surface area (Å²) < 4.78 is 16.2. The summed E-state index contributed by atoms with van der Waals surface area (Å²) in [5, 5.41) is 11.8. The number of amides is 1. The number of halogens is 1. The largest absolute Gasteiger partial charge is 1.00 e. The molecule has 0 bridgehead atoms. The van der Waals surface area contributed by atoms with Crippen LogP contribution in [0.5, 0.6) is 0 Å². The number of fused-ring (bicyclic) bond motifs is 2. The first-order chi connectivity index (χ1) is 14.7. The fourth-order valence-electron chi connectivity index (χ4n) is 3.52. The Morgan fingerprint density at radius 1 is 1.34 bits per heavy atom. The van der Waals surface area contributed by atoms with Gasteiger partial charge in [0.15, 0.2) is 23.3 Å². The number of hydrogen-bond donors (Lipinski definition) is 2. The molecule has 2 saturated heterocycles. The van der Waals surface area contributed by atoms with E-state index in [0.29, 0.717) is 10.2 Å². The van der Waals surface area contributed by atoms with Gasteiger partial charge in [-0.1, -0.05) is 35.2 Å². The smallest absolute Gasteiger partial charge is 0.780 e. The van der Waals surface area contributed by atoms with E-state index in [0.717, 1.165) is 4.90 Å². The fourth-order valence-corrected chi connectivity index (χ4v) is 6.01. The molecule has 11 nitrogen and oxygen atoms in total. The summed E-state index contributed by atoms with van der Waals surface area (Å²) >= 11 is 11.9. The first-order valence-electron chi connectivity index (χ1n) is 8.96. The predicted octanol–water partition coefficient (Wildman–Crippen LogP) is -3.18. The minimum atomic E-state index is -3.72. The molecule has 3 N–H and O–H groups in total. The van der Waals surface area contributed by atoms with Crippen molar-refractivity contribution in [2.24, 2.45) is 20.7 Å². The van der Waals surface area contributed by atoms with E-state index >= 15 is 0 Å². The van der Waals surface area contributed by atoms with Crippen LogP contribution in [0.25, 0.3) is 0 Å². The Morgan fingerprint density at radius 2 is 2.06 bits per heavy atom. The van der Waals surface area contributed by atoms with E-state index in [1.54, 1.807) is 24.3 Å². The number of amidine groups is 2. The molecule has 1 aromatic carbocycles. The van der Waals surface area contributed by atoms with Crippen LogP contribution >= 0.6 is 30.1 Å². The van der Waals surface area contributed by atoms with Crippen molar-refractivity contribution < 1.29 is 58.1 Å². The van der Waals surface area contributed by atoms with Crippen LogP contribution in [0.1, 0.15) is 0 Å². The van der Waals surface area contributed by atoms with Crippen LogP contribution in [-0.2, 0) is 30.4 Å². The zero-order valence-corrected chi connectivity index (χ0v) is 21.7. The molecule has 4 aliphatic heterocycles. The van der Waals surface area contributed by atoms with Gasteiger partial charge in [0.25, 0.3) is 5.91 Å². The van der Waals surface area contributed by atoms with Crippen LogP contribution in [0.4, 0.5) is 0 Å². The number of rotatable bonds is 2. The van der Waals surface area contributed by atoms with E-state index in [4.69, 9.17) is 42.9 Å². The normalized spacial score (nSPS) is 36.0. The maximum Gasteiger partial charge on any atom is 1.00 e. The van der Waals surface area contributed by atoms with Crippen LogP contribution in [0.3, 0.4) is 0 Å². The third kappa shape index (κ3) is 4.59. The van der Waals surface area contributed by atoms with E-state index < -0.39 is 43.2 Å². The second kappa shape index (κ2) is 9.33. The van der Waals surface area contributed by atoms with Gasteiger partial charge in [0.1, 0.15) is 25.0 Å². The fraction of sp³-hybridized carbons (Fsp3) is 0.375. The molecule has 0 radical (unpaired) electrons. The first-order valence-corrected chi connectivity index (χ1v) is 12.7. The molecule has 2 fully saturated rings. The Morgan fingerprint density at radius 3 is 2.78 bits per heavy atom. The SMILES string of the molecule is NC1=NC(=O)C2N=C(Sc3ccc(Cl)cc3)N(C3OC4COP([O-])(=S)OC4C3O)C2=N1.[Na+]. The third-order valence-corrected chi connectivity index (χ3v) is 7.65. The number of carbonyl (C=O) groups is 1. The molecule has 0 aliphatic carbocycles. The van der Waals surface area contributed by atoms with E-state index in [2.05, 4.69) is 15.0 Å². The van der Waals surface area contributed by atoms with Crippen molar-refractivity contribution in [3.05, 3.63) is 29.3 Å². The molecule has 4 heterocycles. The maximum absolute atomic E-state index is 12.4. The van der Waals surface area contributed by atoms with Crippen molar-refractivity contribution in [2.45, 2.75) is 35.5 Å². The molecule has 16 heteroatoms. The molecule has 4 aliphatic rings. The molecule has 164 valence electrons. The topological polar surface area (TPSA) is 154 Å². The number of guanidine groups is 1. The minimum absolute atomic E-state index is 0. The Hall–Kier alpha value is -0.410. The summed E-state index contributed by atoms with van der Waals surface area (Å²) in [6, 6.07) is 5.95. The van der Waals surface area contributed by atoms with E-state index in [-0.39, 0.29) is 48.0 Å². The summed E-state index contributed by atoms with van der Waals surface area (Å²) in [5.41, 5.74) is 5.69. The van der Waals surface area contributed by atoms with Gasteiger partial charge in [0.05, 0.1) is 6.61 Å². The summed E-state index contributed by atoms with van der Waals surface area (Å²) in [6.45, 7) is -3.83. The van der Waals surface area contributed by atoms with Gasteiger partial charge >= 0.3 is 29.6 Å². The van der Waals surface area contributed by atoms with Gasteiger partial charge in [0.2, 0.25) is 5.96 Å². The summed E-state index contributed by atoms with van der Waals surface area (Å²) in [6.07, 6.45) is -4.05. The molecule has 0 spiro atoms. The molecule has 6 atom stereocenters. The zero-order valence-electron chi connectivity index (χ0n) is 16.4. The van der Waals surface area contributed by atoms with Gasteiger partial charge in [-0.3, -0.25) is 9.69 Å². The number of nitrogens with two attached hydrogens (primary N) is 1. The van der Waals surface area contributed by atoms with Crippen LogP contribution in [0.2, 0.25) is 5.02 Å². The van der Waals surface area contributed by atoms with Gasteiger partial charge < -0.3 is 29.5 Å². The monoisotopic (exact) mass is 525 g/mol.